The molecule has 2 aromatic rings. The second kappa shape index (κ2) is 6.47. The third-order valence-electron chi connectivity index (χ3n) is 2.67. The standard InChI is InChI=1S/C14H15N3O4/c1-19-9-6-10(20-2)8-11(7-9)21-12-4-3-5-16-13(12)14(15)17-18/h3-8,18H,1-2H3,(H2,15,17). The summed E-state index contributed by atoms with van der Waals surface area (Å²) in [5.41, 5.74) is 5.81. The third kappa shape index (κ3) is 3.33. The number of pyridine rings is 1. The zero-order valence-electron chi connectivity index (χ0n) is 11.6. The number of aromatic nitrogens is 1. The van der Waals surface area contributed by atoms with E-state index in [0.717, 1.165) is 0 Å². The Bertz CT molecular complexity index is 636. The minimum Gasteiger partial charge on any atom is -0.496 e. The summed E-state index contributed by atoms with van der Waals surface area (Å²) in [5.74, 6) is 1.85. The lowest BCUT2D eigenvalue weighted by molar-refractivity contribution is 0.318. The Morgan fingerprint density at radius 3 is 2.33 bits per heavy atom. The number of ether oxygens (including phenoxy) is 3. The summed E-state index contributed by atoms with van der Waals surface area (Å²) in [4.78, 5) is 4.03. The minimum atomic E-state index is -0.138. The molecule has 0 radical (unpaired) electrons. The molecule has 0 aliphatic carbocycles. The number of methoxy groups -OCH3 is 2. The zero-order chi connectivity index (χ0) is 15.2. The van der Waals surface area contributed by atoms with E-state index < -0.39 is 0 Å². The Labute approximate surface area is 121 Å². The van der Waals surface area contributed by atoms with Crippen LogP contribution in [0.1, 0.15) is 5.69 Å². The zero-order valence-corrected chi connectivity index (χ0v) is 11.6. The fourth-order valence-electron chi connectivity index (χ4n) is 1.68. The van der Waals surface area contributed by atoms with Crippen molar-refractivity contribution < 1.29 is 19.4 Å². The Balaban J connectivity index is 2.38. The highest BCUT2D eigenvalue weighted by atomic mass is 16.5. The smallest absolute Gasteiger partial charge is 0.192 e. The normalized spacial score (nSPS) is 11.0. The van der Waals surface area contributed by atoms with Gasteiger partial charge in [0.1, 0.15) is 17.2 Å². The van der Waals surface area contributed by atoms with Gasteiger partial charge in [-0.05, 0) is 12.1 Å². The molecule has 0 atom stereocenters. The highest BCUT2D eigenvalue weighted by molar-refractivity contribution is 5.97. The minimum absolute atomic E-state index is 0.138. The fourth-order valence-corrected chi connectivity index (χ4v) is 1.68. The number of amidine groups is 1. The predicted molar refractivity (Wildman–Crippen MR) is 76.4 cm³/mol. The number of hydrogen-bond acceptors (Lipinski definition) is 6. The van der Waals surface area contributed by atoms with E-state index in [0.29, 0.717) is 23.0 Å². The molecule has 0 amide bonds. The SMILES string of the molecule is COc1cc(OC)cc(Oc2cccnc2/C(N)=N/O)c1. The second-order valence-corrected chi connectivity index (χ2v) is 3.99. The van der Waals surface area contributed by atoms with Crippen LogP contribution >= 0.6 is 0 Å². The lowest BCUT2D eigenvalue weighted by Gasteiger charge is -2.11. The van der Waals surface area contributed by atoms with Gasteiger partial charge in [0, 0.05) is 24.4 Å². The van der Waals surface area contributed by atoms with Crippen LogP contribution in [0.25, 0.3) is 0 Å². The van der Waals surface area contributed by atoms with E-state index in [4.69, 9.17) is 25.2 Å². The maximum Gasteiger partial charge on any atom is 0.192 e. The highest BCUT2D eigenvalue weighted by Gasteiger charge is 2.11. The van der Waals surface area contributed by atoms with Gasteiger partial charge in [0.15, 0.2) is 17.3 Å². The Kier molecular flexibility index (Phi) is 4.45. The molecule has 1 heterocycles. The van der Waals surface area contributed by atoms with E-state index in [2.05, 4.69) is 10.1 Å². The quantitative estimate of drug-likeness (QED) is 0.378. The van der Waals surface area contributed by atoms with Gasteiger partial charge in [-0.2, -0.15) is 0 Å². The molecule has 3 N–H and O–H groups in total. The first kappa shape index (κ1) is 14.4. The van der Waals surface area contributed by atoms with E-state index >= 15 is 0 Å². The average molecular weight is 289 g/mol. The van der Waals surface area contributed by atoms with Gasteiger partial charge in [-0.15, -0.1) is 0 Å². The van der Waals surface area contributed by atoms with Crippen LogP contribution in [0.4, 0.5) is 0 Å². The lowest BCUT2D eigenvalue weighted by atomic mass is 10.2. The van der Waals surface area contributed by atoms with Gasteiger partial charge in [0.2, 0.25) is 0 Å². The third-order valence-corrected chi connectivity index (χ3v) is 2.67. The lowest BCUT2D eigenvalue weighted by Crippen LogP contribution is -2.15. The Hall–Kier alpha value is -2.96. The van der Waals surface area contributed by atoms with Gasteiger partial charge < -0.3 is 25.2 Å². The number of rotatable bonds is 5. The van der Waals surface area contributed by atoms with Crippen molar-refractivity contribution in [1.82, 2.24) is 4.98 Å². The van der Waals surface area contributed by atoms with Crippen molar-refractivity contribution in [1.29, 1.82) is 0 Å². The van der Waals surface area contributed by atoms with Crippen LogP contribution in [0.3, 0.4) is 0 Å². The number of nitrogens with zero attached hydrogens (tertiary/aromatic N) is 2. The molecule has 0 aliphatic heterocycles. The van der Waals surface area contributed by atoms with Gasteiger partial charge in [-0.1, -0.05) is 5.16 Å². The van der Waals surface area contributed by atoms with Crippen molar-refractivity contribution >= 4 is 5.84 Å². The van der Waals surface area contributed by atoms with Crippen molar-refractivity contribution in [2.75, 3.05) is 14.2 Å². The highest BCUT2D eigenvalue weighted by Crippen LogP contribution is 2.31. The summed E-state index contributed by atoms with van der Waals surface area (Å²) in [6.07, 6.45) is 1.52. The number of hydrogen-bond donors (Lipinski definition) is 2. The molecule has 2 rings (SSSR count). The van der Waals surface area contributed by atoms with Crippen molar-refractivity contribution in [3.05, 3.63) is 42.2 Å². The van der Waals surface area contributed by atoms with Gasteiger partial charge in [0.05, 0.1) is 14.2 Å². The van der Waals surface area contributed by atoms with Gasteiger partial charge in [-0.3, -0.25) is 0 Å². The first-order chi connectivity index (χ1) is 10.2. The molecule has 1 aromatic heterocycles. The van der Waals surface area contributed by atoms with E-state index in [1.807, 2.05) is 0 Å². The number of oxime groups is 1. The maximum absolute atomic E-state index is 8.77. The molecular weight excluding hydrogens is 274 g/mol. The summed E-state index contributed by atoms with van der Waals surface area (Å²) in [5, 5.41) is 11.7. The number of benzene rings is 1. The van der Waals surface area contributed by atoms with Crippen LogP contribution in [0.2, 0.25) is 0 Å². The van der Waals surface area contributed by atoms with Gasteiger partial charge in [-0.25, -0.2) is 4.98 Å². The second-order valence-electron chi connectivity index (χ2n) is 3.99. The Morgan fingerprint density at radius 2 is 1.76 bits per heavy atom. The summed E-state index contributed by atoms with van der Waals surface area (Å²) in [7, 11) is 3.09. The molecule has 7 heteroatoms. The summed E-state index contributed by atoms with van der Waals surface area (Å²) in [6, 6.07) is 8.44. The van der Waals surface area contributed by atoms with E-state index in [1.54, 1.807) is 44.6 Å². The molecule has 0 unspecified atom stereocenters. The van der Waals surface area contributed by atoms with E-state index in [1.165, 1.54) is 6.20 Å². The van der Waals surface area contributed by atoms with Crippen LogP contribution < -0.4 is 19.9 Å². The molecule has 0 fully saturated rings. The van der Waals surface area contributed by atoms with Crippen LogP contribution in [-0.2, 0) is 0 Å². The fraction of sp³-hybridized carbons (Fsp3) is 0.143. The maximum atomic E-state index is 8.77. The molecule has 0 saturated heterocycles. The van der Waals surface area contributed by atoms with Gasteiger partial charge >= 0.3 is 0 Å². The average Bonchev–Trinajstić information content (AvgIpc) is 2.54. The molecule has 21 heavy (non-hydrogen) atoms. The molecule has 7 nitrogen and oxygen atoms in total. The van der Waals surface area contributed by atoms with Crippen LogP contribution in [0.15, 0.2) is 41.7 Å². The van der Waals surface area contributed by atoms with E-state index in [9.17, 15) is 0 Å². The first-order valence-electron chi connectivity index (χ1n) is 6.01. The van der Waals surface area contributed by atoms with Crippen LogP contribution in [-0.4, -0.2) is 30.2 Å². The largest absolute Gasteiger partial charge is 0.496 e. The van der Waals surface area contributed by atoms with E-state index in [-0.39, 0.29) is 11.5 Å². The molecule has 0 spiro atoms. The van der Waals surface area contributed by atoms with Crippen molar-refractivity contribution in [3.8, 4) is 23.0 Å². The van der Waals surface area contributed by atoms with Crippen molar-refractivity contribution in [2.45, 2.75) is 0 Å². The molecule has 0 saturated carbocycles. The number of nitrogens with two attached hydrogens (primary N) is 1. The monoisotopic (exact) mass is 289 g/mol. The summed E-state index contributed by atoms with van der Waals surface area (Å²) in [6.45, 7) is 0. The van der Waals surface area contributed by atoms with Crippen LogP contribution in [0.5, 0.6) is 23.0 Å². The predicted octanol–water partition coefficient (Wildman–Crippen LogP) is 1.99. The molecular formula is C14H15N3O4. The molecule has 1 aromatic carbocycles. The van der Waals surface area contributed by atoms with Gasteiger partial charge in [0.25, 0.3) is 0 Å². The van der Waals surface area contributed by atoms with Crippen molar-refractivity contribution in [2.24, 2.45) is 10.9 Å². The first-order valence-corrected chi connectivity index (χ1v) is 6.01. The molecule has 110 valence electrons. The summed E-state index contributed by atoms with van der Waals surface area (Å²) >= 11 is 0. The van der Waals surface area contributed by atoms with Crippen LogP contribution in [0, 0.1) is 0 Å². The van der Waals surface area contributed by atoms with Crippen molar-refractivity contribution in [3.63, 3.8) is 0 Å². The topological polar surface area (TPSA) is 99.2 Å². The molecule has 0 aliphatic rings. The summed E-state index contributed by atoms with van der Waals surface area (Å²) < 4.78 is 16.1. The Morgan fingerprint density at radius 1 is 1.14 bits per heavy atom. The molecule has 0 bridgehead atoms.